The van der Waals surface area contributed by atoms with Crippen LogP contribution in [0, 0.1) is 28.6 Å². The summed E-state index contributed by atoms with van der Waals surface area (Å²) < 4.78 is 43.9. The van der Waals surface area contributed by atoms with E-state index in [2.05, 4.69) is 0 Å². The molecule has 9 atom stereocenters. The highest BCUT2D eigenvalue weighted by molar-refractivity contribution is 6.01. The Bertz CT molecular complexity index is 1070. The number of allylic oxidation sites excluding steroid dienone is 4. The van der Waals surface area contributed by atoms with Gasteiger partial charge in [0.25, 0.3) is 0 Å². The van der Waals surface area contributed by atoms with E-state index in [0.717, 1.165) is 13.0 Å². The van der Waals surface area contributed by atoms with Crippen LogP contribution in [0.15, 0.2) is 23.8 Å². The van der Waals surface area contributed by atoms with Crippen molar-refractivity contribution in [3.8, 4) is 0 Å². The lowest BCUT2D eigenvalue weighted by molar-refractivity contribution is -0.233. The molecule has 1 N–H and O–H groups in total. The summed E-state index contributed by atoms with van der Waals surface area (Å²) in [4.78, 5) is 49.2. The van der Waals surface area contributed by atoms with Gasteiger partial charge >= 0.3 is 11.9 Å². The highest BCUT2D eigenvalue weighted by Gasteiger charge is 2.77. The monoisotopic (exact) mass is 508 g/mol. The fourth-order valence-corrected chi connectivity index (χ4v) is 7.78. The molecule has 3 saturated carbocycles. The fraction of sp³-hybridized carbons (Fsp3) is 0.704. The summed E-state index contributed by atoms with van der Waals surface area (Å²) in [7, 11) is 0. The van der Waals surface area contributed by atoms with Crippen molar-refractivity contribution in [1.29, 1.82) is 0 Å². The SMILES string of the molecule is CCC(=O)OCC(=O)[C@@]1(O)[C@@H](C)CC2[C@@H]3CC(F)C4=CC(=O)C=C[C@]4(C)C3(F)[C@@H](OC(C)=O)C[C@@]21C. The van der Waals surface area contributed by atoms with E-state index in [0.29, 0.717) is 0 Å². The van der Waals surface area contributed by atoms with E-state index in [1.165, 1.54) is 19.1 Å². The molecule has 36 heavy (non-hydrogen) atoms. The molecule has 0 spiro atoms. The Hall–Kier alpha value is -2.42. The molecule has 0 aromatic rings. The van der Waals surface area contributed by atoms with Gasteiger partial charge in [-0.1, -0.05) is 26.8 Å². The molecule has 4 aliphatic rings. The molecule has 0 heterocycles. The van der Waals surface area contributed by atoms with Gasteiger partial charge in [-0.25, -0.2) is 8.78 Å². The third-order valence-electron chi connectivity index (χ3n) is 9.57. The fourth-order valence-electron chi connectivity index (χ4n) is 7.78. The molecule has 7 nitrogen and oxygen atoms in total. The number of ether oxygens (including phenoxy) is 2. The highest BCUT2D eigenvalue weighted by Crippen LogP contribution is 2.71. The van der Waals surface area contributed by atoms with Crippen molar-refractivity contribution in [2.24, 2.45) is 28.6 Å². The van der Waals surface area contributed by atoms with Crippen LogP contribution in [0.1, 0.15) is 60.3 Å². The molecular formula is C27H34F2O7. The van der Waals surface area contributed by atoms with Gasteiger partial charge in [0.05, 0.1) is 0 Å². The number of hydrogen-bond acceptors (Lipinski definition) is 7. The van der Waals surface area contributed by atoms with Crippen LogP contribution in [0.3, 0.4) is 0 Å². The Morgan fingerprint density at radius 1 is 1.19 bits per heavy atom. The number of carbonyl (C=O) groups excluding carboxylic acids is 4. The number of Topliss-reactive ketones (excluding diaryl/α,β-unsaturated/α-hetero) is 1. The number of ketones is 2. The number of alkyl halides is 2. The predicted octanol–water partition coefficient (Wildman–Crippen LogP) is 3.38. The van der Waals surface area contributed by atoms with Crippen molar-refractivity contribution in [3.05, 3.63) is 23.8 Å². The van der Waals surface area contributed by atoms with Crippen LogP contribution in [0.2, 0.25) is 0 Å². The Morgan fingerprint density at radius 2 is 1.86 bits per heavy atom. The summed E-state index contributed by atoms with van der Waals surface area (Å²) in [5, 5.41) is 11.9. The molecule has 3 unspecified atom stereocenters. The minimum Gasteiger partial charge on any atom is -0.459 e. The van der Waals surface area contributed by atoms with Gasteiger partial charge < -0.3 is 14.6 Å². The number of esters is 2. The highest BCUT2D eigenvalue weighted by atomic mass is 19.1. The Balaban J connectivity index is 1.83. The third kappa shape index (κ3) is 3.37. The molecule has 0 aromatic carbocycles. The second-order valence-corrected chi connectivity index (χ2v) is 11.3. The number of rotatable bonds is 5. The van der Waals surface area contributed by atoms with Crippen LogP contribution < -0.4 is 0 Å². The lowest BCUT2D eigenvalue weighted by Crippen LogP contribution is -2.71. The molecule has 3 fully saturated rings. The van der Waals surface area contributed by atoms with Crippen LogP contribution in [0.4, 0.5) is 8.78 Å². The first-order valence-electron chi connectivity index (χ1n) is 12.5. The van der Waals surface area contributed by atoms with E-state index < -0.39 is 82.2 Å². The molecule has 4 aliphatic carbocycles. The largest absolute Gasteiger partial charge is 0.459 e. The van der Waals surface area contributed by atoms with Gasteiger partial charge in [-0.05, 0) is 55.7 Å². The number of aliphatic hydroxyl groups is 1. The molecule has 0 radical (unpaired) electrons. The normalized spacial score (nSPS) is 45.2. The smallest absolute Gasteiger partial charge is 0.305 e. The number of fused-ring (bicyclic) bond motifs is 5. The third-order valence-corrected chi connectivity index (χ3v) is 9.57. The van der Waals surface area contributed by atoms with Crippen LogP contribution in [0.5, 0.6) is 0 Å². The first kappa shape index (κ1) is 26.6. The van der Waals surface area contributed by atoms with E-state index in [4.69, 9.17) is 9.47 Å². The Labute approximate surface area is 209 Å². The van der Waals surface area contributed by atoms with Gasteiger partial charge in [-0.15, -0.1) is 0 Å². The van der Waals surface area contributed by atoms with E-state index in [-0.39, 0.29) is 31.3 Å². The molecule has 9 heteroatoms. The zero-order valence-corrected chi connectivity index (χ0v) is 21.3. The van der Waals surface area contributed by atoms with Crippen molar-refractivity contribution >= 4 is 23.5 Å². The summed E-state index contributed by atoms with van der Waals surface area (Å²) in [6.45, 7) is 6.92. The Kier molecular flexibility index (Phi) is 6.34. The zero-order chi connectivity index (χ0) is 26.8. The van der Waals surface area contributed by atoms with Gasteiger partial charge in [0.1, 0.15) is 17.9 Å². The van der Waals surface area contributed by atoms with Gasteiger partial charge in [0.15, 0.2) is 18.1 Å². The summed E-state index contributed by atoms with van der Waals surface area (Å²) in [5.41, 5.74) is -7.12. The van der Waals surface area contributed by atoms with Gasteiger partial charge in [-0.3, -0.25) is 19.2 Å². The van der Waals surface area contributed by atoms with Gasteiger partial charge in [0.2, 0.25) is 5.78 Å². The van der Waals surface area contributed by atoms with E-state index in [1.54, 1.807) is 20.8 Å². The molecule has 4 rings (SSSR count). The number of halogens is 2. The van der Waals surface area contributed by atoms with E-state index in [9.17, 15) is 24.3 Å². The van der Waals surface area contributed by atoms with E-state index >= 15 is 8.78 Å². The second-order valence-electron chi connectivity index (χ2n) is 11.3. The van der Waals surface area contributed by atoms with Crippen molar-refractivity contribution in [2.45, 2.75) is 83.8 Å². The zero-order valence-electron chi connectivity index (χ0n) is 21.3. The lowest BCUT2D eigenvalue weighted by atomic mass is 9.44. The van der Waals surface area contributed by atoms with Crippen molar-refractivity contribution in [3.63, 3.8) is 0 Å². The molecule has 0 aromatic heterocycles. The lowest BCUT2D eigenvalue weighted by Gasteiger charge is -2.63. The summed E-state index contributed by atoms with van der Waals surface area (Å²) in [6, 6.07) is 0. The number of carbonyl (C=O) groups is 4. The van der Waals surface area contributed by atoms with Crippen molar-refractivity contribution < 1.29 is 42.5 Å². The maximum atomic E-state index is 17.7. The average molecular weight is 509 g/mol. The first-order chi connectivity index (χ1) is 16.7. The van der Waals surface area contributed by atoms with Crippen molar-refractivity contribution in [2.75, 3.05) is 6.61 Å². The molecule has 0 saturated heterocycles. The minimum atomic E-state index is -2.28. The standard InChI is InChI=1S/C27H34F2O7/c1-6-23(33)35-13-21(32)27(34)14(2)9-17-18-11-20(28)19-10-16(31)7-8-24(19,4)26(18,29)22(36-15(3)30)12-25(17,27)5/h7-8,10,14,17-18,20,22,34H,6,9,11-13H2,1-5H3/t14-,17?,18-,20?,22-,24-,25-,26?,27-/m0/s1. The average Bonchev–Trinajstić information content (AvgIpc) is 3.01. The van der Waals surface area contributed by atoms with Gasteiger partial charge in [0, 0.05) is 30.1 Å². The summed E-state index contributed by atoms with van der Waals surface area (Å²) >= 11 is 0. The second kappa shape index (κ2) is 8.57. The number of hydrogen-bond donors (Lipinski definition) is 1. The predicted molar refractivity (Wildman–Crippen MR) is 124 cm³/mol. The summed E-state index contributed by atoms with van der Waals surface area (Å²) in [5.74, 6) is -4.79. The van der Waals surface area contributed by atoms with Crippen LogP contribution in [0.25, 0.3) is 0 Å². The van der Waals surface area contributed by atoms with Crippen LogP contribution >= 0.6 is 0 Å². The molecule has 0 aliphatic heterocycles. The molecule has 0 bridgehead atoms. The van der Waals surface area contributed by atoms with E-state index in [1.807, 2.05) is 0 Å². The summed E-state index contributed by atoms with van der Waals surface area (Å²) in [6.07, 6.45) is 0.476. The molecule has 0 amide bonds. The van der Waals surface area contributed by atoms with Crippen molar-refractivity contribution in [1.82, 2.24) is 0 Å². The quantitative estimate of drug-likeness (QED) is 0.568. The van der Waals surface area contributed by atoms with Gasteiger partial charge in [-0.2, -0.15) is 0 Å². The van der Waals surface area contributed by atoms with Crippen LogP contribution in [-0.4, -0.2) is 58.8 Å². The maximum Gasteiger partial charge on any atom is 0.305 e. The molecular weight excluding hydrogens is 474 g/mol. The maximum absolute atomic E-state index is 17.7. The Morgan fingerprint density at radius 3 is 2.47 bits per heavy atom. The molecule has 198 valence electrons. The minimum absolute atomic E-state index is 0.0124. The topological polar surface area (TPSA) is 107 Å². The first-order valence-corrected chi connectivity index (χ1v) is 12.5. The van der Waals surface area contributed by atoms with Crippen LogP contribution in [-0.2, 0) is 28.7 Å².